The van der Waals surface area contributed by atoms with E-state index in [1.165, 1.54) is 5.56 Å². The van der Waals surface area contributed by atoms with Gasteiger partial charge in [-0.25, -0.2) is 5.43 Å². The van der Waals surface area contributed by atoms with Gasteiger partial charge >= 0.3 is 0 Å². The molecule has 94 valence electrons. The third-order valence-corrected chi connectivity index (χ3v) is 3.64. The lowest BCUT2D eigenvalue weighted by Gasteiger charge is -2.19. The summed E-state index contributed by atoms with van der Waals surface area (Å²) >= 11 is 9.67. The third-order valence-electron chi connectivity index (χ3n) is 2.82. The fourth-order valence-electron chi connectivity index (χ4n) is 1.95. The summed E-state index contributed by atoms with van der Waals surface area (Å²) in [7, 11) is 0. The molecule has 0 aliphatic heterocycles. The van der Waals surface area contributed by atoms with E-state index in [9.17, 15) is 0 Å². The summed E-state index contributed by atoms with van der Waals surface area (Å²) in [5.41, 5.74) is 6.08. The predicted molar refractivity (Wildman–Crippen MR) is 79.5 cm³/mol. The molecule has 3 N–H and O–H groups in total. The average molecular weight is 326 g/mol. The number of aryl methyl sites for hydroxylation is 1. The Kier molecular flexibility index (Phi) is 4.40. The molecule has 0 aliphatic rings. The first-order chi connectivity index (χ1) is 8.61. The van der Waals surface area contributed by atoms with Crippen LogP contribution in [0, 0.1) is 6.92 Å². The van der Waals surface area contributed by atoms with Crippen LogP contribution in [0.4, 0.5) is 0 Å². The van der Waals surface area contributed by atoms with E-state index < -0.39 is 0 Å². The Morgan fingerprint density at radius 2 is 2.00 bits per heavy atom. The summed E-state index contributed by atoms with van der Waals surface area (Å²) in [5.74, 6) is 5.67. The van der Waals surface area contributed by atoms with E-state index in [2.05, 4.69) is 40.4 Å². The van der Waals surface area contributed by atoms with Crippen molar-refractivity contribution >= 4 is 27.5 Å². The largest absolute Gasteiger partial charge is 0.271 e. The maximum atomic E-state index is 6.27. The molecule has 0 heterocycles. The van der Waals surface area contributed by atoms with Crippen molar-refractivity contribution in [1.29, 1.82) is 0 Å². The van der Waals surface area contributed by atoms with E-state index >= 15 is 0 Å². The smallest absolute Gasteiger partial charge is 0.0724 e. The molecule has 2 nitrogen and oxygen atoms in total. The molecule has 0 amide bonds. The Balaban J connectivity index is 2.45. The molecule has 2 aromatic rings. The number of benzene rings is 2. The molecular weight excluding hydrogens is 312 g/mol. The second kappa shape index (κ2) is 5.85. The van der Waals surface area contributed by atoms with Crippen LogP contribution in [0.25, 0.3) is 0 Å². The second-order valence-electron chi connectivity index (χ2n) is 4.18. The number of halogens is 2. The highest BCUT2D eigenvalue weighted by molar-refractivity contribution is 9.10. The molecule has 2 aromatic carbocycles. The van der Waals surface area contributed by atoms with Gasteiger partial charge in [0.2, 0.25) is 0 Å². The van der Waals surface area contributed by atoms with E-state index in [0.717, 1.165) is 15.6 Å². The number of rotatable bonds is 3. The maximum Gasteiger partial charge on any atom is 0.0724 e. The van der Waals surface area contributed by atoms with Crippen molar-refractivity contribution in [3.63, 3.8) is 0 Å². The topological polar surface area (TPSA) is 38.0 Å². The number of hydrogen-bond acceptors (Lipinski definition) is 2. The van der Waals surface area contributed by atoms with Gasteiger partial charge in [-0.3, -0.25) is 5.84 Å². The summed E-state index contributed by atoms with van der Waals surface area (Å²) < 4.78 is 0.955. The Bertz CT molecular complexity index is 557. The molecule has 0 saturated heterocycles. The van der Waals surface area contributed by atoms with E-state index in [-0.39, 0.29) is 6.04 Å². The fourth-order valence-corrected chi connectivity index (χ4v) is 2.73. The summed E-state index contributed by atoms with van der Waals surface area (Å²) in [4.78, 5) is 0. The quantitative estimate of drug-likeness (QED) is 0.662. The minimum atomic E-state index is -0.106. The van der Waals surface area contributed by atoms with E-state index in [4.69, 9.17) is 17.4 Å². The molecule has 1 unspecified atom stereocenters. The van der Waals surface area contributed by atoms with Crippen LogP contribution >= 0.6 is 27.5 Å². The zero-order valence-electron chi connectivity index (χ0n) is 9.95. The first-order valence-electron chi connectivity index (χ1n) is 5.59. The van der Waals surface area contributed by atoms with Crippen LogP contribution in [0.5, 0.6) is 0 Å². The lowest BCUT2D eigenvalue weighted by molar-refractivity contribution is 0.636. The van der Waals surface area contributed by atoms with Crippen molar-refractivity contribution in [2.45, 2.75) is 13.0 Å². The van der Waals surface area contributed by atoms with E-state index in [1.807, 2.05) is 30.3 Å². The Hall–Kier alpha value is -0.870. The molecule has 0 bridgehead atoms. The highest BCUT2D eigenvalue weighted by atomic mass is 79.9. The maximum absolute atomic E-state index is 6.27. The van der Waals surface area contributed by atoms with Crippen LogP contribution < -0.4 is 11.3 Å². The van der Waals surface area contributed by atoms with Crippen molar-refractivity contribution in [1.82, 2.24) is 5.43 Å². The molecule has 0 aromatic heterocycles. The lowest BCUT2D eigenvalue weighted by atomic mass is 9.98. The van der Waals surface area contributed by atoms with Gasteiger partial charge in [0, 0.05) is 9.50 Å². The van der Waals surface area contributed by atoms with E-state index in [1.54, 1.807) is 0 Å². The number of hydrazine groups is 1. The Labute approximate surface area is 120 Å². The first-order valence-corrected chi connectivity index (χ1v) is 6.76. The molecule has 0 aliphatic carbocycles. The zero-order valence-corrected chi connectivity index (χ0v) is 12.3. The van der Waals surface area contributed by atoms with E-state index in [0.29, 0.717) is 5.02 Å². The van der Waals surface area contributed by atoms with Gasteiger partial charge in [-0.15, -0.1) is 0 Å². The van der Waals surface area contributed by atoms with Gasteiger partial charge in [0.15, 0.2) is 0 Å². The highest BCUT2D eigenvalue weighted by Crippen LogP contribution is 2.30. The predicted octanol–water partition coefficient (Wildman–Crippen LogP) is 3.96. The van der Waals surface area contributed by atoms with Crippen molar-refractivity contribution in [2.24, 2.45) is 5.84 Å². The van der Waals surface area contributed by atoms with Crippen molar-refractivity contribution in [3.05, 3.63) is 68.7 Å². The second-order valence-corrected chi connectivity index (χ2v) is 5.50. The molecular formula is C14H14BrClN2. The standard InChI is InChI=1S/C14H14BrClN2/c1-9-3-2-4-10(7-9)14(18-17)12-6-5-11(15)8-13(12)16/h2-8,14,18H,17H2,1H3. The van der Waals surface area contributed by atoms with Gasteiger partial charge in [-0.05, 0) is 30.2 Å². The summed E-state index contributed by atoms with van der Waals surface area (Å²) in [6.45, 7) is 2.06. The minimum Gasteiger partial charge on any atom is -0.271 e. The molecule has 0 fully saturated rings. The average Bonchev–Trinajstić information content (AvgIpc) is 2.33. The molecule has 18 heavy (non-hydrogen) atoms. The fraction of sp³-hybridized carbons (Fsp3) is 0.143. The van der Waals surface area contributed by atoms with Crippen LogP contribution in [0.1, 0.15) is 22.7 Å². The summed E-state index contributed by atoms with van der Waals surface area (Å²) in [6, 6.07) is 13.9. The van der Waals surface area contributed by atoms with Crippen molar-refractivity contribution in [2.75, 3.05) is 0 Å². The molecule has 0 radical (unpaired) electrons. The molecule has 0 saturated carbocycles. The first kappa shape index (κ1) is 13.6. The summed E-state index contributed by atoms with van der Waals surface area (Å²) in [6.07, 6.45) is 0. The minimum absolute atomic E-state index is 0.106. The van der Waals surface area contributed by atoms with Crippen LogP contribution in [0.15, 0.2) is 46.9 Å². The van der Waals surface area contributed by atoms with Crippen LogP contribution in [0.2, 0.25) is 5.02 Å². The zero-order chi connectivity index (χ0) is 13.1. The number of nitrogens with one attached hydrogen (secondary N) is 1. The molecule has 4 heteroatoms. The third kappa shape index (κ3) is 2.93. The van der Waals surface area contributed by atoms with Gasteiger partial charge in [-0.1, -0.05) is 63.4 Å². The number of nitrogens with two attached hydrogens (primary N) is 1. The monoisotopic (exact) mass is 324 g/mol. The molecule has 2 rings (SSSR count). The normalized spacial score (nSPS) is 12.4. The van der Waals surface area contributed by atoms with Crippen LogP contribution in [-0.4, -0.2) is 0 Å². The van der Waals surface area contributed by atoms with Crippen molar-refractivity contribution in [3.8, 4) is 0 Å². The lowest BCUT2D eigenvalue weighted by Crippen LogP contribution is -2.29. The van der Waals surface area contributed by atoms with Gasteiger partial charge in [-0.2, -0.15) is 0 Å². The van der Waals surface area contributed by atoms with Crippen LogP contribution in [0.3, 0.4) is 0 Å². The van der Waals surface area contributed by atoms with Gasteiger partial charge in [0.1, 0.15) is 0 Å². The van der Waals surface area contributed by atoms with Gasteiger partial charge < -0.3 is 0 Å². The molecule has 0 spiro atoms. The van der Waals surface area contributed by atoms with Crippen LogP contribution in [-0.2, 0) is 0 Å². The van der Waals surface area contributed by atoms with Gasteiger partial charge in [0.05, 0.1) is 6.04 Å². The summed E-state index contributed by atoms with van der Waals surface area (Å²) in [5, 5.41) is 0.689. The SMILES string of the molecule is Cc1cccc(C(NN)c2ccc(Br)cc2Cl)c1. The van der Waals surface area contributed by atoms with Crippen molar-refractivity contribution < 1.29 is 0 Å². The Morgan fingerprint density at radius 3 is 2.61 bits per heavy atom. The van der Waals surface area contributed by atoms with Gasteiger partial charge in [0.25, 0.3) is 0 Å². The molecule has 1 atom stereocenters. The highest BCUT2D eigenvalue weighted by Gasteiger charge is 2.15. The Morgan fingerprint density at radius 1 is 1.22 bits per heavy atom. The number of hydrogen-bond donors (Lipinski definition) is 2.